The average molecular weight is 463 g/mol. The number of rotatable bonds is 5. The van der Waals surface area contributed by atoms with Gasteiger partial charge in [0.1, 0.15) is 0 Å². The van der Waals surface area contributed by atoms with Crippen molar-refractivity contribution >= 4 is 5.91 Å². The van der Waals surface area contributed by atoms with Crippen LogP contribution in [0.3, 0.4) is 0 Å². The fourth-order valence-electron chi connectivity index (χ4n) is 6.51. The lowest BCUT2D eigenvalue weighted by molar-refractivity contribution is -0.139. The monoisotopic (exact) mass is 462 g/mol. The van der Waals surface area contributed by atoms with E-state index in [-0.39, 0.29) is 41.6 Å². The van der Waals surface area contributed by atoms with Gasteiger partial charge in [0.05, 0.1) is 24.4 Å². The first-order chi connectivity index (χ1) is 16.6. The zero-order chi connectivity index (χ0) is 23.5. The zero-order valence-electron chi connectivity index (χ0n) is 20.2. The van der Waals surface area contributed by atoms with Crippen molar-refractivity contribution in [3.05, 3.63) is 71.8 Å². The van der Waals surface area contributed by atoms with Crippen molar-refractivity contribution in [2.75, 3.05) is 20.1 Å². The van der Waals surface area contributed by atoms with Gasteiger partial charge < -0.3 is 15.2 Å². The summed E-state index contributed by atoms with van der Waals surface area (Å²) in [4.78, 5) is 15.2. The van der Waals surface area contributed by atoms with Crippen molar-refractivity contribution in [3.63, 3.8) is 0 Å². The quantitative estimate of drug-likeness (QED) is 0.699. The van der Waals surface area contributed by atoms with Crippen LogP contribution in [0.25, 0.3) is 0 Å². The number of hydrogen-bond donors (Lipinski definition) is 2. The number of likely N-dealkylation sites (N-methyl/N-ethyl adjacent to an activating group) is 1. The zero-order valence-corrected chi connectivity index (χ0v) is 20.2. The number of amides is 1. The standard InChI is InChI=1S/C29H38N2O3/c1-31-18-8-13-24(31)28(33)30-20-29(22-11-6-3-7-12-22)16-14-23-25(32)19-27(34-26(23)15-17-29)21-9-4-2-5-10-21/h2-7,9-12,23-27,32H,8,13-20H2,1H3,(H,30,33)/t23-,24+,25+,26+,27+,29+/m1/s1. The number of nitrogens with one attached hydrogen (secondary N) is 1. The third-order valence-corrected chi connectivity index (χ3v) is 8.61. The summed E-state index contributed by atoms with van der Waals surface area (Å²) in [5.41, 5.74) is 2.28. The first-order valence-electron chi connectivity index (χ1n) is 13.0. The van der Waals surface area contributed by atoms with Crippen LogP contribution in [0.2, 0.25) is 0 Å². The molecule has 182 valence electrons. The molecule has 5 nitrogen and oxygen atoms in total. The highest BCUT2D eigenvalue weighted by atomic mass is 16.5. The van der Waals surface area contributed by atoms with E-state index in [1.54, 1.807) is 0 Å². The maximum absolute atomic E-state index is 13.0. The Hall–Kier alpha value is -2.21. The second-order valence-electron chi connectivity index (χ2n) is 10.6. The predicted molar refractivity (Wildman–Crippen MR) is 133 cm³/mol. The maximum Gasteiger partial charge on any atom is 0.237 e. The summed E-state index contributed by atoms with van der Waals surface area (Å²) in [6.07, 6.45) is 5.95. The molecule has 6 atom stereocenters. The predicted octanol–water partition coefficient (Wildman–Crippen LogP) is 4.22. The lowest BCUT2D eigenvalue weighted by atomic mass is 9.73. The maximum atomic E-state index is 13.0. The minimum Gasteiger partial charge on any atom is -0.393 e. The fraction of sp³-hybridized carbons (Fsp3) is 0.552. The van der Waals surface area contributed by atoms with Crippen LogP contribution in [0.5, 0.6) is 0 Å². The molecule has 0 bridgehead atoms. The number of ether oxygens (including phenoxy) is 1. The summed E-state index contributed by atoms with van der Waals surface area (Å²) in [7, 11) is 2.04. The van der Waals surface area contributed by atoms with E-state index >= 15 is 0 Å². The first kappa shape index (κ1) is 23.5. The van der Waals surface area contributed by atoms with Crippen molar-refractivity contribution in [2.24, 2.45) is 5.92 Å². The van der Waals surface area contributed by atoms with Crippen LogP contribution in [0.4, 0.5) is 0 Å². The topological polar surface area (TPSA) is 61.8 Å². The molecule has 1 amide bonds. The first-order valence-corrected chi connectivity index (χ1v) is 13.0. The van der Waals surface area contributed by atoms with E-state index in [4.69, 9.17) is 4.74 Å². The van der Waals surface area contributed by atoms with Gasteiger partial charge in [-0.25, -0.2) is 0 Å². The molecule has 2 N–H and O–H groups in total. The summed E-state index contributed by atoms with van der Waals surface area (Å²) in [5.74, 6) is 0.291. The Morgan fingerprint density at radius 2 is 1.76 bits per heavy atom. The van der Waals surface area contributed by atoms with Gasteiger partial charge in [0.25, 0.3) is 0 Å². The van der Waals surface area contributed by atoms with E-state index in [0.717, 1.165) is 50.6 Å². The normalized spacial score (nSPS) is 34.2. The van der Waals surface area contributed by atoms with E-state index in [1.807, 2.05) is 25.2 Å². The molecule has 1 aliphatic carbocycles. The van der Waals surface area contributed by atoms with E-state index in [2.05, 4.69) is 52.7 Å². The molecule has 0 unspecified atom stereocenters. The number of carbonyl (C=O) groups is 1. The van der Waals surface area contributed by atoms with Crippen molar-refractivity contribution in [3.8, 4) is 0 Å². The van der Waals surface area contributed by atoms with Gasteiger partial charge >= 0.3 is 0 Å². The molecular weight excluding hydrogens is 424 g/mol. The average Bonchev–Trinajstić information content (AvgIpc) is 3.21. The third kappa shape index (κ3) is 4.79. The van der Waals surface area contributed by atoms with Gasteiger partial charge in [0.15, 0.2) is 0 Å². The van der Waals surface area contributed by atoms with E-state index in [1.165, 1.54) is 5.56 Å². The highest BCUT2D eigenvalue weighted by Crippen LogP contribution is 2.46. The molecule has 2 heterocycles. The lowest BCUT2D eigenvalue weighted by Crippen LogP contribution is -2.47. The van der Waals surface area contributed by atoms with Crippen molar-refractivity contribution in [1.29, 1.82) is 0 Å². The fourth-order valence-corrected chi connectivity index (χ4v) is 6.51. The SMILES string of the molecule is CN1CCC[C@H]1C(=O)NC[C@]1(c2ccccc2)CC[C@H]2[C@H](CC1)O[C@H](c1ccccc1)C[C@@H]2O. The highest BCUT2D eigenvalue weighted by Gasteiger charge is 2.45. The van der Waals surface area contributed by atoms with Gasteiger partial charge in [-0.2, -0.15) is 0 Å². The molecular formula is C29H38N2O3. The molecule has 5 heteroatoms. The highest BCUT2D eigenvalue weighted by molar-refractivity contribution is 5.82. The van der Waals surface area contributed by atoms with Gasteiger partial charge in [-0.1, -0.05) is 60.7 Å². The Balaban J connectivity index is 1.34. The smallest absolute Gasteiger partial charge is 0.237 e. The molecule has 2 aromatic rings. The number of benzene rings is 2. The van der Waals surface area contributed by atoms with Gasteiger partial charge in [-0.3, -0.25) is 9.69 Å². The number of aliphatic hydroxyl groups excluding tert-OH is 1. The Labute approximate surface area is 203 Å². The van der Waals surface area contributed by atoms with Crippen LogP contribution in [0.1, 0.15) is 62.2 Å². The van der Waals surface area contributed by atoms with E-state index in [9.17, 15) is 9.90 Å². The summed E-state index contributed by atoms with van der Waals surface area (Å²) in [6, 6.07) is 20.9. The number of carbonyl (C=O) groups excluding carboxylic acids is 1. The molecule has 1 saturated carbocycles. The summed E-state index contributed by atoms with van der Waals surface area (Å²) < 4.78 is 6.62. The van der Waals surface area contributed by atoms with Crippen LogP contribution >= 0.6 is 0 Å². The number of likely N-dealkylation sites (tertiary alicyclic amines) is 1. The molecule has 2 aliphatic heterocycles. The van der Waals surface area contributed by atoms with E-state index in [0.29, 0.717) is 13.0 Å². The molecule has 0 radical (unpaired) electrons. The van der Waals surface area contributed by atoms with Crippen LogP contribution in [-0.2, 0) is 14.9 Å². The van der Waals surface area contributed by atoms with E-state index < -0.39 is 0 Å². The van der Waals surface area contributed by atoms with Crippen LogP contribution < -0.4 is 5.32 Å². The van der Waals surface area contributed by atoms with Gasteiger partial charge in [0.2, 0.25) is 5.91 Å². The van der Waals surface area contributed by atoms with Crippen molar-refractivity contribution in [2.45, 2.75) is 74.7 Å². The minimum absolute atomic E-state index is 0.0158. The number of hydrogen-bond acceptors (Lipinski definition) is 4. The van der Waals surface area contributed by atoms with Gasteiger partial charge in [0, 0.05) is 24.3 Å². The van der Waals surface area contributed by atoms with Crippen molar-refractivity contribution < 1.29 is 14.6 Å². The molecule has 5 rings (SSSR count). The minimum atomic E-state index is -0.364. The largest absolute Gasteiger partial charge is 0.393 e. The number of nitrogens with zero attached hydrogens (tertiary/aromatic N) is 1. The van der Waals surface area contributed by atoms with Crippen LogP contribution in [0.15, 0.2) is 60.7 Å². The molecule has 2 saturated heterocycles. The number of fused-ring (bicyclic) bond motifs is 1. The number of aliphatic hydroxyl groups is 1. The molecule has 3 aliphatic rings. The molecule has 2 aromatic carbocycles. The molecule has 3 fully saturated rings. The van der Waals surface area contributed by atoms with Gasteiger partial charge in [-0.05, 0) is 63.2 Å². The molecule has 34 heavy (non-hydrogen) atoms. The Kier molecular flexibility index (Phi) is 7.05. The molecule has 0 aromatic heterocycles. The van der Waals surface area contributed by atoms with Crippen LogP contribution in [-0.4, -0.2) is 54.3 Å². The van der Waals surface area contributed by atoms with Crippen molar-refractivity contribution in [1.82, 2.24) is 10.2 Å². The summed E-state index contributed by atoms with van der Waals surface area (Å²) in [6.45, 7) is 1.63. The lowest BCUT2D eigenvalue weighted by Gasteiger charge is -2.39. The van der Waals surface area contributed by atoms with Crippen LogP contribution in [0, 0.1) is 5.92 Å². The Bertz CT molecular complexity index is 952. The Morgan fingerprint density at radius 3 is 2.47 bits per heavy atom. The second-order valence-corrected chi connectivity index (χ2v) is 10.6. The second kappa shape index (κ2) is 10.2. The summed E-state index contributed by atoms with van der Waals surface area (Å²) >= 11 is 0. The Morgan fingerprint density at radius 1 is 1.06 bits per heavy atom. The molecule has 0 spiro atoms. The van der Waals surface area contributed by atoms with Gasteiger partial charge in [-0.15, -0.1) is 0 Å². The third-order valence-electron chi connectivity index (χ3n) is 8.61. The summed E-state index contributed by atoms with van der Waals surface area (Å²) in [5, 5.41) is 14.5.